The predicted molar refractivity (Wildman–Crippen MR) is 126 cm³/mol. The third kappa shape index (κ3) is 8.52. The maximum absolute atomic E-state index is 10.7. The Bertz CT molecular complexity index is 540. The minimum Gasteiger partial charge on any atom is -0.394 e. The maximum Gasteiger partial charge on any atom is 0.187 e. The van der Waals surface area contributed by atoms with E-state index in [4.69, 9.17) is 14.2 Å². The lowest BCUT2D eigenvalue weighted by Crippen LogP contribution is -2.64. The first-order valence-electron chi connectivity index (χ1n) is 12.6. The standard InChI is InChI=1S/C23H44O10S/c1-2-3-4-5-6-7-8-9-10-11-34-23-20(30)18(28)21(15(13-25)32-23)33-22-19(29)17(27)16(26)14(12-24)31-22/h14-30H,2-13H2,1H3. The van der Waals surface area contributed by atoms with Crippen molar-refractivity contribution in [2.24, 2.45) is 0 Å². The van der Waals surface area contributed by atoms with Gasteiger partial charge in [-0.2, -0.15) is 0 Å². The number of unbranched alkanes of at least 4 members (excludes halogenated alkanes) is 8. The molecule has 0 aromatic rings. The number of aliphatic hydroxyl groups excluding tert-OH is 7. The monoisotopic (exact) mass is 512 g/mol. The van der Waals surface area contributed by atoms with Gasteiger partial charge in [-0.15, -0.1) is 11.8 Å². The van der Waals surface area contributed by atoms with Gasteiger partial charge in [-0.3, -0.25) is 0 Å². The van der Waals surface area contributed by atoms with Crippen LogP contribution in [0.2, 0.25) is 0 Å². The van der Waals surface area contributed by atoms with Crippen LogP contribution in [0.25, 0.3) is 0 Å². The fourth-order valence-electron chi connectivity index (χ4n) is 4.31. The maximum atomic E-state index is 10.7. The molecule has 0 bridgehead atoms. The lowest BCUT2D eigenvalue weighted by molar-refractivity contribution is -0.338. The van der Waals surface area contributed by atoms with Gasteiger partial charge in [-0.05, 0) is 12.2 Å². The second-order valence-electron chi connectivity index (χ2n) is 9.20. The van der Waals surface area contributed by atoms with E-state index in [0.29, 0.717) is 0 Å². The van der Waals surface area contributed by atoms with Crippen LogP contribution in [0.4, 0.5) is 0 Å². The summed E-state index contributed by atoms with van der Waals surface area (Å²) in [5.74, 6) is 0.737. The van der Waals surface area contributed by atoms with Crippen molar-refractivity contribution in [2.45, 2.75) is 125 Å². The SMILES string of the molecule is CCCCCCCCCCCSC1OC(CO)C(OC2OC(CO)C(O)C(O)C2O)C(O)C1O. The van der Waals surface area contributed by atoms with Crippen LogP contribution in [0.3, 0.4) is 0 Å². The Hall–Kier alpha value is -0.0500. The van der Waals surface area contributed by atoms with Crippen LogP contribution in [-0.2, 0) is 14.2 Å². The van der Waals surface area contributed by atoms with E-state index in [9.17, 15) is 35.7 Å². The van der Waals surface area contributed by atoms with Crippen LogP contribution in [0, 0.1) is 0 Å². The average Bonchev–Trinajstić information content (AvgIpc) is 2.84. The smallest absolute Gasteiger partial charge is 0.187 e. The van der Waals surface area contributed by atoms with Crippen molar-refractivity contribution >= 4 is 11.8 Å². The highest BCUT2D eigenvalue weighted by Gasteiger charge is 2.50. The van der Waals surface area contributed by atoms with Crippen molar-refractivity contribution in [3.05, 3.63) is 0 Å². The molecule has 2 fully saturated rings. The van der Waals surface area contributed by atoms with Gasteiger partial charge in [-0.25, -0.2) is 0 Å². The Labute approximate surface area is 206 Å². The van der Waals surface area contributed by atoms with Gasteiger partial charge < -0.3 is 50.0 Å². The fourth-order valence-corrected chi connectivity index (χ4v) is 5.49. The Morgan fingerprint density at radius 3 is 1.82 bits per heavy atom. The lowest BCUT2D eigenvalue weighted by Gasteiger charge is -2.46. The number of rotatable bonds is 15. The van der Waals surface area contributed by atoms with E-state index in [2.05, 4.69) is 6.92 Å². The van der Waals surface area contributed by atoms with Crippen LogP contribution < -0.4 is 0 Å². The minimum atomic E-state index is -1.67. The highest BCUT2D eigenvalue weighted by atomic mass is 32.2. The zero-order valence-corrected chi connectivity index (χ0v) is 20.8. The van der Waals surface area contributed by atoms with Gasteiger partial charge in [0.1, 0.15) is 54.3 Å². The Morgan fingerprint density at radius 2 is 1.24 bits per heavy atom. The van der Waals surface area contributed by atoms with Crippen LogP contribution in [-0.4, -0.2) is 115 Å². The molecule has 0 aliphatic carbocycles. The van der Waals surface area contributed by atoms with E-state index >= 15 is 0 Å². The zero-order chi connectivity index (χ0) is 25.1. The van der Waals surface area contributed by atoms with Gasteiger partial charge >= 0.3 is 0 Å². The molecule has 10 nitrogen and oxygen atoms in total. The molecule has 0 spiro atoms. The first-order valence-corrected chi connectivity index (χ1v) is 13.6. The molecular weight excluding hydrogens is 468 g/mol. The minimum absolute atomic E-state index is 0.513. The van der Waals surface area contributed by atoms with Gasteiger partial charge in [0.25, 0.3) is 0 Å². The topological polar surface area (TPSA) is 169 Å². The van der Waals surface area contributed by atoms with Crippen LogP contribution in [0.15, 0.2) is 0 Å². The molecule has 0 radical (unpaired) electrons. The number of hydrogen-bond acceptors (Lipinski definition) is 11. The molecule has 0 aromatic heterocycles. The second kappa shape index (κ2) is 15.9. The van der Waals surface area contributed by atoms with E-state index in [0.717, 1.165) is 25.0 Å². The zero-order valence-electron chi connectivity index (χ0n) is 20.0. The molecule has 2 saturated heterocycles. The summed E-state index contributed by atoms with van der Waals surface area (Å²) in [4.78, 5) is 0. The Morgan fingerprint density at radius 1 is 0.647 bits per heavy atom. The summed E-state index contributed by atoms with van der Waals surface area (Å²) in [5.41, 5.74) is -0.754. The van der Waals surface area contributed by atoms with Gasteiger partial charge in [0, 0.05) is 0 Å². The molecule has 2 aliphatic heterocycles. The third-order valence-corrected chi connectivity index (χ3v) is 7.73. The van der Waals surface area contributed by atoms with Gasteiger partial charge in [-0.1, -0.05) is 58.3 Å². The highest BCUT2D eigenvalue weighted by Crippen LogP contribution is 2.33. The predicted octanol–water partition coefficient (Wildman–Crippen LogP) is -0.125. The van der Waals surface area contributed by atoms with Crippen molar-refractivity contribution in [1.82, 2.24) is 0 Å². The van der Waals surface area contributed by atoms with Crippen LogP contribution >= 0.6 is 11.8 Å². The number of aliphatic hydroxyl groups is 7. The van der Waals surface area contributed by atoms with E-state index in [1.807, 2.05) is 0 Å². The molecule has 2 heterocycles. The Balaban J connectivity index is 1.78. The molecule has 202 valence electrons. The lowest BCUT2D eigenvalue weighted by atomic mass is 9.97. The van der Waals surface area contributed by atoms with Gasteiger partial charge in [0.2, 0.25) is 0 Å². The summed E-state index contributed by atoms with van der Waals surface area (Å²) in [6.45, 7) is 1.07. The number of ether oxygens (including phenoxy) is 3. The number of hydrogen-bond donors (Lipinski definition) is 7. The first-order chi connectivity index (χ1) is 16.3. The van der Waals surface area contributed by atoms with Crippen molar-refractivity contribution in [2.75, 3.05) is 19.0 Å². The van der Waals surface area contributed by atoms with Gasteiger partial charge in [0.05, 0.1) is 13.2 Å². The molecule has 34 heavy (non-hydrogen) atoms. The summed E-state index contributed by atoms with van der Waals surface area (Å²) in [7, 11) is 0. The fraction of sp³-hybridized carbons (Fsp3) is 1.00. The molecule has 7 N–H and O–H groups in total. The summed E-state index contributed by atoms with van der Waals surface area (Å²) in [6.07, 6.45) is -1.73. The normalized spacial score (nSPS) is 38.8. The molecule has 0 amide bonds. The molecule has 11 heteroatoms. The molecule has 0 aromatic carbocycles. The quantitative estimate of drug-likeness (QED) is 0.146. The highest BCUT2D eigenvalue weighted by molar-refractivity contribution is 7.99. The van der Waals surface area contributed by atoms with Crippen molar-refractivity contribution < 1.29 is 50.0 Å². The molecule has 2 rings (SSSR count). The van der Waals surface area contributed by atoms with E-state index < -0.39 is 73.8 Å². The average molecular weight is 513 g/mol. The molecule has 2 aliphatic rings. The van der Waals surface area contributed by atoms with Crippen LogP contribution in [0.1, 0.15) is 64.7 Å². The van der Waals surface area contributed by atoms with E-state index in [1.165, 1.54) is 50.3 Å². The largest absolute Gasteiger partial charge is 0.394 e. The van der Waals surface area contributed by atoms with Crippen molar-refractivity contribution in [1.29, 1.82) is 0 Å². The van der Waals surface area contributed by atoms with E-state index in [1.54, 1.807) is 0 Å². The summed E-state index contributed by atoms with van der Waals surface area (Å²) in [5, 5.41) is 70.3. The Kier molecular flexibility index (Phi) is 14.1. The molecular formula is C23H44O10S. The summed E-state index contributed by atoms with van der Waals surface area (Å²) >= 11 is 1.37. The van der Waals surface area contributed by atoms with Crippen molar-refractivity contribution in [3.63, 3.8) is 0 Å². The van der Waals surface area contributed by atoms with Crippen molar-refractivity contribution in [3.8, 4) is 0 Å². The van der Waals surface area contributed by atoms with E-state index in [-0.39, 0.29) is 0 Å². The van der Waals surface area contributed by atoms with Gasteiger partial charge in [0.15, 0.2) is 6.29 Å². The third-order valence-electron chi connectivity index (χ3n) is 6.49. The summed E-state index contributed by atoms with van der Waals surface area (Å²) in [6, 6.07) is 0. The second-order valence-corrected chi connectivity index (χ2v) is 10.4. The number of thioether (sulfide) groups is 1. The van der Waals surface area contributed by atoms with Crippen LogP contribution in [0.5, 0.6) is 0 Å². The first kappa shape index (κ1) is 30.2. The molecule has 10 atom stereocenters. The summed E-state index contributed by atoms with van der Waals surface area (Å²) < 4.78 is 16.7. The molecule has 10 unspecified atom stereocenters. The molecule has 0 saturated carbocycles.